The molecule has 2 N–H and O–H groups in total. The molecule has 4 nitrogen and oxygen atoms in total. The van der Waals surface area contributed by atoms with Crippen molar-refractivity contribution in [3.05, 3.63) is 35.1 Å². The molecule has 0 heterocycles. The summed E-state index contributed by atoms with van der Waals surface area (Å²) in [5.41, 5.74) is 2.83. The van der Waals surface area contributed by atoms with Gasteiger partial charge in [-0.25, -0.2) is 9.18 Å². The minimum absolute atomic E-state index is 0.0104. The number of rotatable bonds is 5. The molecule has 0 radical (unpaired) electrons. The molecule has 0 aromatic heterocycles. The van der Waals surface area contributed by atoms with E-state index < -0.39 is 41.1 Å². The number of Topliss-reactive ketones (excluding diaryl/α,β-unsaturated/α-hetero) is 1. The first-order valence-corrected chi connectivity index (χ1v) is 5.97. The molecule has 1 rings (SSSR count). The van der Waals surface area contributed by atoms with Gasteiger partial charge in [0.1, 0.15) is 11.9 Å². The number of primary amides is 1. The summed E-state index contributed by atoms with van der Waals surface area (Å²) >= 11 is 0. The number of amides is 1. The largest absolute Gasteiger partial charge is 0.447 e. The fourth-order valence-electron chi connectivity index (χ4n) is 1.72. The second kappa shape index (κ2) is 6.55. The molecule has 116 valence electrons. The number of benzene rings is 1. The van der Waals surface area contributed by atoms with Crippen molar-refractivity contribution in [3.8, 4) is 0 Å². The molecule has 0 aliphatic rings. The average Bonchev–Trinajstić information content (AvgIpc) is 2.34. The lowest BCUT2D eigenvalue weighted by Crippen LogP contribution is -2.21. The summed E-state index contributed by atoms with van der Waals surface area (Å²) in [6.07, 6.45) is -6.85. The molecule has 1 atom stereocenters. The summed E-state index contributed by atoms with van der Waals surface area (Å²) in [5.74, 6) is -1.90. The number of carbonyl (C=O) groups excluding carboxylic acids is 2. The number of ketones is 1. The van der Waals surface area contributed by atoms with Gasteiger partial charge in [-0.3, -0.25) is 4.79 Å². The maximum absolute atomic E-state index is 12.9. The van der Waals surface area contributed by atoms with Crippen LogP contribution in [0.4, 0.5) is 22.4 Å². The maximum Gasteiger partial charge on any atom is 0.417 e. The van der Waals surface area contributed by atoms with Gasteiger partial charge in [-0.05, 0) is 31.5 Å². The maximum atomic E-state index is 12.9. The van der Waals surface area contributed by atoms with E-state index in [9.17, 15) is 27.2 Å². The van der Waals surface area contributed by atoms with E-state index in [1.54, 1.807) is 0 Å². The Morgan fingerprint density at radius 2 is 1.95 bits per heavy atom. The van der Waals surface area contributed by atoms with E-state index in [-0.39, 0.29) is 18.9 Å². The van der Waals surface area contributed by atoms with Crippen LogP contribution in [-0.2, 0) is 10.9 Å². The van der Waals surface area contributed by atoms with Gasteiger partial charge in [0.25, 0.3) is 0 Å². The minimum atomic E-state index is -4.83. The van der Waals surface area contributed by atoms with Crippen LogP contribution in [0.1, 0.15) is 35.7 Å². The number of halogens is 4. The van der Waals surface area contributed by atoms with Crippen molar-refractivity contribution in [1.82, 2.24) is 0 Å². The highest BCUT2D eigenvalue weighted by Crippen LogP contribution is 2.33. The van der Waals surface area contributed by atoms with Crippen LogP contribution in [0.15, 0.2) is 18.2 Å². The third-order valence-electron chi connectivity index (χ3n) is 2.68. The van der Waals surface area contributed by atoms with Gasteiger partial charge in [0.05, 0.1) is 5.56 Å². The number of hydrogen-bond acceptors (Lipinski definition) is 3. The van der Waals surface area contributed by atoms with Crippen molar-refractivity contribution >= 4 is 11.9 Å². The molecule has 0 spiro atoms. The Kier molecular flexibility index (Phi) is 5.28. The van der Waals surface area contributed by atoms with Crippen molar-refractivity contribution in [3.63, 3.8) is 0 Å². The van der Waals surface area contributed by atoms with E-state index >= 15 is 0 Å². The summed E-state index contributed by atoms with van der Waals surface area (Å²) in [6, 6.07) is 1.85. The van der Waals surface area contributed by atoms with Gasteiger partial charge in [-0.1, -0.05) is 0 Å². The van der Waals surface area contributed by atoms with Crippen LogP contribution in [0.5, 0.6) is 0 Å². The smallest absolute Gasteiger partial charge is 0.417 e. The second-order valence-corrected chi connectivity index (χ2v) is 4.40. The highest BCUT2D eigenvalue weighted by atomic mass is 19.4. The van der Waals surface area contributed by atoms with Crippen molar-refractivity contribution in [2.75, 3.05) is 0 Å². The Morgan fingerprint density at radius 3 is 2.48 bits per heavy atom. The zero-order chi connectivity index (χ0) is 16.2. The molecule has 1 aromatic rings. The number of alkyl halides is 3. The average molecular weight is 307 g/mol. The Balaban J connectivity index is 2.86. The monoisotopic (exact) mass is 307 g/mol. The number of nitrogens with two attached hydrogens (primary N) is 1. The molecule has 0 saturated carbocycles. The van der Waals surface area contributed by atoms with Crippen LogP contribution in [0, 0.1) is 5.82 Å². The van der Waals surface area contributed by atoms with Crippen molar-refractivity contribution in [1.29, 1.82) is 0 Å². The lowest BCUT2D eigenvalue weighted by molar-refractivity contribution is -0.138. The van der Waals surface area contributed by atoms with Crippen LogP contribution >= 0.6 is 0 Å². The van der Waals surface area contributed by atoms with Crippen LogP contribution < -0.4 is 5.73 Å². The van der Waals surface area contributed by atoms with E-state index in [4.69, 9.17) is 5.73 Å². The summed E-state index contributed by atoms with van der Waals surface area (Å²) < 4.78 is 55.7. The summed E-state index contributed by atoms with van der Waals surface area (Å²) in [4.78, 5) is 22.3. The second-order valence-electron chi connectivity index (χ2n) is 4.40. The molecule has 8 heteroatoms. The normalized spacial score (nSPS) is 12.8. The van der Waals surface area contributed by atoms with Crippen LogP contribution in [-0.4, -0.2) is 18.0 Å². The molecule has 0 fully saturated rings. The highest BCUT2D eigenvalue weighted by Gasteiger charge is 2.35. The lowest BCUT2D eigenvalue weighted by atomic mass is 9.99. The Morgan fingerprint density at radius 1 is 1.33 bits per heavy atom. The summed E-state index contributed by atoms with van der Waals surface area (Å²) in [6.45, 7) is 1.45. The molecule has 0 bridgehead atoms. The standard InChI is InChI=1S/C13H13F4NO3/c1-7(21-12(18)20)2-5-11(19)9-4-3-8(14)6-10(9)13(15,16)17/h3-4,6-7H,2,5H2,1H3,(H2,18,20). The minimum Gasteiger partial charge on any atom is -0.447 e. The van der Waals surface area contributed by atoms with E-state index in [0.717, 1.165) is 12.1 Å². The molecule has 1 unspecified atom stereocenters. The van der Waals surface area contributed by atoms with Crippen LogP contribution in [0.25, 0.3) is 0 Å². The summed E-state index contributed by atoms with van der Waals surface area (Å²) in [5, 5.41) is 0. The molecule has 1 aromatic carbocycles. The van der Waals surface area contributed by atoms with Gasteiger partial charge in [-0.2, -0.15) is 13.2 Å². The number of ether oxygens (including phenoxy) is 1. The molecular formula is C13H13F4NO3. The summed E-state index contributed by atoms with van der Waals surface area (Å²) in [7, 11) is 0. The zero-order valence-electron chi connectivity index (χ0n) is 11.0. The van der Waals surface area contributed by atoms with Crippen LogP contribution in [0.2, 0.25) is 0 Å². The number of hydrogen-bond donors (Lipinski definition) is 1. The molecule has 0 aliphatic carbocycles. The van der Waals surface area contributed by atoms with Gasteiger partial charge < -0.3 is 10.5 Å². The predicted molar refractivity (Wildman–Crippen MR) is 65.1 cm³/mol. The highest BCUT2D eigenvalue weighted by molar-refractivity contribution is 5.97. The zero-order valence-corrected chi connectivity index (χ0v) is 11.0. The molecular weight excluding hydrogens is 294 g/mol. The van der Waals surface area contributed by atoms with Crippen molar-refractivity contribution < 1.29 is 31.9 Å². The predicted octanol–water partition coefficient (Wildman–Crippen LogP) is 3.29. The van der Waals surface area contributed by atoms with Crippen molar-refractivity contribution in [2.24, 2.45) is 5.73 Å². The van der Waals surface area contributed by atoms with E-state index in [1.165, 1.54) is 6.92 Å². The van der Waals surface area contributed by atoms with Gasteiger partial charge in [0.15, 0.2) is 5.78 Å². The SMILES string of the molecule is CC(CCC(=O)c1ccc(F)cc1C(F)(F)F)OC(N)=O. The van der Waals surface area contributed by atoms with E-state index in [0.29, 0.717) is 0 Å². The molecule has 0 aliphatic heterocycles. The first-order valence-electron chi connectivity index (χ1n) is 5.97. The van der Waals surface area contributed by atoms with E-state index in [1.807, 2.05) is 0 Å². The first kappa shape index (κ1) is 16.9. The quantitative estimate of drug-likeness (QED) is 0.670. The first-order chi connectivity index (χ1) is 9.61. The third kappa shape index (κ3) is 5.05. The lowest BCUT2D eigenvalue weighted by Gasteiger charge is -2.14. The van der Waals surface area contributed by atoms with Gasteiger partial charge in [0.2, 0.25) is 0 Å². The van der Waals surface area contributed by atoms with E-state index in [2.05, 4.69) is 4.74 Å². The topological polar surface area (TPSA) is 69.4 Å². The van der Waals surface area contributed by atoms with Crippen LogP contribution in [0.3, 0.4) is 0 Å². The van der Waals surface area contributed by atoms with Gasteiger partial charge in [-0.15, -0.1) is 0 Å². The molecule has 0 saturated heterocycles. The molecule has 21 heavy (non-hydrogen) atoms. The van der Waals surface area contributed by atoms with Gasteiger partial charge in [0, 0.05) is 12.0 Å². The third-order valence-corrected chi connectivity index (χ3v) is 2.68. The molecule has 1 amide bonds. The number of carbonyl (C=O) groups is 2. The van der Waals surface area contributed by atoms with Crippen molar-refractivity contribution in [2.45, 2.75) is 32.0 Å². The fraction of sp³-hybridized carbons (Fsp3) is 0.385. The Labute approximate surface area is 117 Å². The fourth-order valence-corrected chi connectivity index (χ4v) is 1.72. The Bertz CT molecular complexity index is 543. The Hall–Kier alpha value is -2.12. The van der Waals surface area contributed by atoms with Gasteiger partial charge >= 0.3 is 12.3 Å².